The summed E-state index contributed by atoms with van der Waals surface area (Å²) in [6, 6.07) is 0. The lowest BCUT2D eigenvalue weighted by Gasteiger charge is -2.33. The Morgan fingerprint density at radius 2 is 2.26 bits per heavy atom. The standard InChI is InChI=1S/C13H21N3O3/c1-13(3-5-19-6-4-13)9-14-8-11-10(12(17)18)7-15-16(11)2/h7,14H,3-6,8-9H2,1-2H3,(H,17,18). The number of hydrogen-bond donors (Lipinski definition) is 2. The third-order valence-electron chi connectivity index (χ3n) is 3.84. The normalized spacial score (nSPS) is 18.4. The van der Waals surface area contributed by atoms with Crippen LogP contribution in [0.5, 0.6) is 0 Å². The molecule has 1 aliphatic heterocycles. The molecule has 1 fully saturated rings. The Hall–Kier alpha value is -1.40. The van der Waals surface area contributed by atoms with Crippen molar-refractivity contribution < 1.29 is 14.6 Å². The molecule has 0 spiro atoms. The van der Waals surface area contributed by atoms with Gasteiger partial charge in [-0.25, -0.2) is 4.79 Å². The van der Waals surface area contributed by atoms with Crippen molar-refractivity contribution in [1.82, 2.24) is 15.1 Å². The topological polar surface area (TPSA) is 76.4 Å². The molecular weight excluding hydrogens is 246 g/mol. The minimum Gasteiger partial charge on any atom is -0.478 e. The first-order valence-corrected chi connectivity index (χ1v) is 6.54. The lowest BCUT2D eigenvalue weighted by atomic mass is 9.82. The summed E-state index contributed by atoms with van der Waals surface area (Å²) in [6.07, 6.45) is 3.48. The molecule has 0 aromatic carbocycles. The van der Waals surface area contributed by atoms with Gasteiger partial charge in [0.1, 0.15) is 5.56 Å². The number of nitrogens with zero attached hydrogens (tertiary/aromatic N) is 2. The van der Waals surface area contributed by atoms with E-state index in [2.05, 4.69) is 17.3 Å². The van der Waals surface area contributed by atoms with E-state index in [9.17, 15) is 4.79 Å². The van der Waals surface area contributed by atoms with E-state index in [0.717, 1.165) is 32.6 Å². The van der Waals surface area contributed by atoms with Gasteiger partial charge in [-0.05, 0) is 18.3 Å². The fraction of sp³-hybridized carbons (Fsp3) is 0.692. The molecule has 19 heavy (non-hydrogen) atoms. The second-order valence-electron chi connectivity index (χ2n) is 5.46. The summed E-state index contributed by atoms with van der Waals surface area (Å²) in [7, 11) is 1.76. The summed E-state index contributed by atoms with van der Waals surface area (Å²) in [5.74, 6) is -0.929. The van der Waals surface area contributed by atoms with Gasteiger partial charge in [0, 0.05) is 33.4 Å². The maximum absolute atomic E-state index is 11.1. The van der Waals surface area contributed by atoms with Gasteiger partial charge < -0.3 is 15.2 Å². The van der Waals surface area contributed by atoms with Gasteiger partial charge in [-0.1, -0.05) is 6.92 Å². The summed E-state index contributed by atoms with van der Waals surface area (Å²) in [5, 5.41) is 16.4. The molecule has 0 saturated carbocycles. The highest BCUT2D eigenvalue weighted by molar-refractivity contribution is 5.88. The average molecular weight is 267 g/mol. The molecule has 106 valence electrons. The van der Waals surface area contributed by atoms with Gasteiger partial charge in [-0.3, -0.25) is 4.68 Å². The van der Waals surface area contributed by atoms with Crippen molar-refractivity contribution in [2.75, 3.05) is 19.8 Å². The highest BCUT2D eigenvalue weighted by atomic mass is 16.5. The zero-order valence-corrected chi connectivity index (χ0v) is 11.5. The van der Waals surface area contributed by atoms with E-state index in [0.29, 0.717) is 12.2 Å². The number of rotatable bonds is 5. The van der Waals surface area contributed by atoms with Gasteiger partial charge in [-0.15, -0.1) is 0 Å². The molecule has 1 aromatic heterocycles. The summed E-state index contributed by atoms with van der Waals surface area (Å²) in [6.45, 7) is 5.24. The summed E-state index contributed by atoms with van der Waals surface area (Å²) in [5.41, 5.74) is 1.22. The predicted molar refractivity (Wildman–Crippen MR) is 70.0 cm³/mol. The molecule has 2 heterocycles. The minimum absolute atomic E-state index is 0.236. The number of hydrogen-bond acceptors (Lipinski definition) is 4. The Morgan fingerprint density at radius 1 is 1.58 bits per heavy atom. The van der Waals surface area contributed by atoms with Crippen LogP contribution in [-0.2, 0) is 18.3 Å². The van der Waals surface area contributed by atoms with Crippen molar-refractivity contribution in [1.29, 1.82) is 0 Å². The molecule has 0 unspecified atom stereocenters. The van der Waals surface area contributed by atoms with Crippen molar-refractivity contribution in [3.05, 3.63) is 17.5 Å². The van der Waals surface area contributed by atoms with Gasteiger partial charge in [0.05, 0.1) is 11.9 Å². The van der Waals surface area contributed by atoms with Crippen LogP contribution < -0.4 is 5.32 Å². The predicted octanol–water partition coefficient (Wildman–Crippen LogP) is 1.02. The number of carboxylic acids is 1. The van der Waals surface area contributed by atoms with Crippen LogP contribution in [0.25, 0.3) is 0 Å². The van der Waals surface area contributed by atoms with E-state index in [1.807, 2.05) is 0 Å². The van der Waals surface area contributed by atoms with Crippen LogP contribution in [0.15, 0.2) is 6.20 Å². The molecular formula is C13H21N3O3. The van der Waals surface area contributed by atoms with Crippen LogP contribution in [0.2, 0.25) is 0 Å². The van der Waals surface area contributed by atoms with Crippen molar-refractivity contribution in [2.45, 2.75) is 26.3 Å². The van der Waals surface area contributed by atoms with Gasteiger partial charge >= 0.3 is 5.97 Å². The lowest BCUT2D eigenvalue weighted by Crippen LogP contribution is -2.37. The monoisotopic (exact) mass is 267 g/mol. The summed E-state index contributed by atoms with van der Waals surface area (Å²) >= 11 is 0. The first-order valence-electron chi connectivity index (χ1n) is 6.54. The van der Waals surface area contributed by atoms with E-state index in [1.54, 1.807) is 11.7 Å². The van der Waals surface area contributed by atoms with Gasteiger partial charge in [0.25, 0.3) is 0 Å². The molecule has 1 aliphatic rings. The Labute approximate surface area is 112 Å². The van der Waals surface area contributed by atoms with E-state index < -0.39 is 5.97 Å². The lowest BCUT2D eigenvalue weighted by molar-refractivity contribution is 0.0239. The zero-order valence-electron chi connectivity index (χ0n) is 11.5. The number of aryl methyl sites for hydroxylation is 1. The first-order chi connectivity index (χ1) is 9.02. The van der Waals surface area contributed by atoms with Crippen LogP contribution >= 0.6 is 0 Å². The van der Waals surface area contributed by atoms with Crippen molar-refractivity contribution in [3.63, 3.8) is 0 Å². The summed E-state index contributed by atoms with van der Waals surface area (Å²) < 4.78 is 6.98. The molecule has 1 aromatic rings. The Kier molecular flexibility index (Phi) is 4.21. The van der Waals surface area contributed by atoms with E-state index in [1.165, 1.54) is 6.20 Å². The fourth-order valence-corrected chi connectivity index (χ4v) is 2.37. The van der Waals surface area contributed by atoms with E-state index in [4.69, 9.17) is 9.84 Å². The van der Waals surface area contributed by atoms with Gasteiger partial charge in [-0.2, -0.15) is 5.10 Å². The molecule has 0 aliphatic carbocycles. The Balaban J connectivity index is 1.92. The quantitative estimate of drug-likeness (QED) is 0.833. The van der Waals surface area contributed by atoms with Crippen molar-refractivity contribution in [2.24, 2.45) is 12.5 Å². The molecule has 0 bridgehead atoms. The van der Waals surface area contributed by atoms with E-state index >= 15 is 0 Å². The Morgan fingerprint density at radius 3 is 2.89 bits per heavy atom. The molecule has 2 rings (SSSR count). The zero-order chi connectivity index (χ0) is 13.9. The van der Waals surface area contributed by atoms with Crippen LogP contribution in [-0.4, -0.2) is 40.6 Å². The molecule has 6 heteroatoms. The second-order valence-corrected chi connectivity index (χ2v) is 5.46. The molecule has 2 N–H and O–H groups in total. The van der Waals surface area contributed by atoms with Crippen molar-refractivity contribution in [3.8, 4) is 0 Å². The third kappa shape index (κ3) is 3.33. The highest BCUT2D eigenvalue weighted by Gasteiger charge is 2.27. The average Bonchev–Trinajstić information content (AvgIpc) is 2.72. The van der Waals surface area contributed by atoms with Crippen LogP contribution in [0.4, 0.5) is 0 Å². The van der Waals surface area contributed by atoms with Crippen LogP contribution in [0, 0.1) is 5.41 Å². The minimum atomic E-state index is -0.929. The van der Waals surface area contributed by atoms with Crippen molar-refractivity contribution >= 4 is 5.97 Å². The number of nitrogens with one attached hydrogen (secondary N) is 1. The number of aromatic carboxylic acids is 1. The van der Waals surface area contributed by atoms with E-state index in [-0.39, 0.29) is 11.0 Å². The van der Waals surface area contributed by atoms with Crippen LogP contribution in [0.3, 0.4) is 0 Å². The van der Waals surface area contributed by atoms with Crippen LogP contribution in [0.1, 0.15) is 35.8 Å². The molecule has 0 amide bonds. The third-order valence-corrected chi connectivity index (χ3v) is 3.84. The molecule has 0 radical (unpaired) electrons. The molecule has 6 nitrogen and oxygen atoms in total. The van der Waals surface area contributed by atoms with Gasteiger partial charge in [0.15, 0.2) is 0 Å². The Bertz CT molecular complexity index is 450. The fourth-order valence-electron chi connectivity index (χ4n) is 2.37. The summed E-state index contributed by atoms with van der Waals surface area (Å²) in [4.78, 5) is 11.1. The number of aromatic nitrogens is 2. The SMILES string of the molecule is Cn1ncc(C(=O)O)c1CNCC1(C)CCOCC1. The smallest absolute Gasteiger partial charge is 0.339 e. The first kappa shape index (κ1) is 14.0. The highest BCUT2D eigenvalue weighted by Crippen LogP contribution is 2.28. The van der Waals surface area contributed by atoms with Gasteiger partial charge in [0.2, 0.25) is 0 Å². The maximum atomic E-state index is 11.1. The molecule has 1 saturated heterocycles. The number of carboxylic acid groups (broad SMARTS) is 1. The maximum Gasteiger partial charge on any atom is 0.339 e. The largest absolute Gasteiger partial charge is 0.478 e. The number of carbonyl (C=O) groups is 1. The number of ether oxygens (including phenoxy) is 1. The second kappa shape index (κ2) is 5.71. The molecule has 0 atom stereocenters.